The Morgan fingerprint density at radius 3 is 2.43 bits per heavy atom. The predicted octanol–water partition coefficient (Wildman–Crippen LogP) is 5.35. The minimum absolute atomic E-state index is 0.0164. The highest BCUT2D eigenvalue weighted by molar-refractivity contribution is 5.89. The molecule has 2 N–H and O–H groups in total. The molecule has 0 aliphatic carbocycles. The first kappa shape index (κ1) is 18.8. The molecule has 2 amide bonds. The van der Waals surface area contributed by atoms with Gasteiger partial charge in [0, 0.05) is 30.7 Å². The fourth-order valence-corrected chi connectivity index (χ4v) is 4.98. The molecule has 0 bridgehead atoms. The third kappa shape index (κ3) is 3.15. The van der Waals surface area contributed by atoms with Crippen molar-refractivity contribution in [3.63, 3.8) is 0 Å². The first-order chi connectivity index (χ1) is 14.4. The number of rotatable bonds is 1. The van der Waals surface area contributed by atoms with Gasteiger partial charge in [0.15, 0.2) is 0 Å². The van der Waals surface area contributed by atoms with Crippen molar-refractivity contribution < 1.29 is 4.79 Å². The van der Waals surface area contributed by atoms with Crippen molar-refractivity contribution >= 4 is 17.4 Å². The summed E-state index contributed by atoms with van der Waals surface area (Å²) in [7, 11) is 0. The summed E-state index contributed by atoms with van der Waals surface area (Å²) in [4.78, 5) is 14.8. The number of carbonyl (C=O) groups is 1. The smallest absolute Gasteiger partial charge is 0.321 e. The summed E-state index contributed by atoms with van der Waals surface area (Å²) < 4.78 is 2.30. The van der Waals surface area contributed by atoms with Crippen LogP contribution >= 0.6 is 0 Å². The molecule has 0 unspecified atom stereocenters. The van der Waals surface area contributed by atoms with E-state index in [1.54, 1.807) is 0 Å². The second-order valence-corrected chi connectivity index (χ2v) is 8.78. The van der Waals surface area contributed by atoms with Gasteiger partial charge in [0.05, 0.1) is 16.9 Å². The number of benzene rings is 2. The van der Waals surface area contributed by atoms with E-state index in [1.807, 2.05) is 17.0 Å². The molecule has 1 aromatic heterocycles. The van der Waals surface area contributed by atoms with Gasteiger partial charge in [0.2, 0.25) is 0 Å². The second-order valence-electron chi connectivity index (χ2n) is 8.78. The van der Waals surface area contributed by atoms with Gasteiger partial charge in [-0.15, -0.1) is 0 Å². The Balaban J connectivity index is 1.35. The summed E-state index contributed by atoms with van der Waals surface area (Å²) in [5.74, 6) is 0. The van der Waals surface area contributed by atoms with Gasteiger partial charge in [-0.05, 0) is 86.7 Å². The van der Waals surface area contributed by atoms with Gasteiger partial charge in [-0.1, -0.05) is 12.1 Å². The third-order valence-electron chi connectivity index (χ3n) is 6.40. The van der Waals surface area contributed by atoms with Crippen LogP contribution in [0, 0.1) is 20.8 Å². The molecule has 30 heavy (non-hydrogen) atoms. The number of amides is 2. The van der Waals surface area contributed by atoms with E-state index in [1.165, 1.54) is 22.6 Å². The number of aromatic nitrogens is 1. The van der Waals surface area contributed by atoms with E-state index in [0.717, 1.165) is 42.7 Å². The molecule has 2 aliphatic rings. The van der Waals surface area contributed by atoms with Crippen LogP contribution in [0.25, 0.3) is 5.69 Å². The molecule has 5 rings (SSSR count). The summed E-state index contributed by atoms with van der Waals surface area (Å²) in [5.41, 5.74) is 7.94. The molecule has 1 saturated heterocycles. The molecule has 0 radical (unpaired) electrons. The van der Waals surface area contributed by atoms with Gasteiger partial charge in [0.25, 0.3) is 0 Å². The number of fused-ring (bicyclic) bond motifs is 4. The molecule has 3 heterocycles. The quantitative estimate of drug-likeness (QED) is 0.578. The second kappa shape index (κ2) is 6.94. The molecule has 1 spiro atoms. The number of aryl methyl sites for hydroxylation is 3. The fraction of sp³-hybridized carbons (Fsp3) is 0.320. The summed E-state index contributed by atoms with van der Waals surface area (Å²) in [6, 6.07) is 17.0. The van der Waals surface area contributed by atoms with Crippen LogP contribution in [-0.4, -0.2) is 28.6 Å². The lowest BCUT2D eigenvalue weighted by Gasteiger charge is -2.46. The number of anilines is 2. The Morgan fingerprint density at radius 1 is 0.967 bits per heavy atom. The van der Waals surface area contributed by atoms with Crippen LogP contribution in [0.15, 0.2) is 54.7 Å². The largest absolute Gasteiger partial charge is 0.372 e. The highest BCUT2D eigenvalue weighted by Gasteiger charge is 2.42. The highest BCUT2D eigenvalue weighted by Crippen LogP contribution is 2.43. The SMILES string of the molecule is Cc1cc(C)cc(NC(=O)N2CCC3(CC2)Nc2cc(C)ccc2-n2cccc23)c1. The van der Waals surface area contributed by atoms with Crippen molar-refractivity contribution in [2.45, 2.75) is 39.2 Å². The van der Waals surface area contributed by atoms with Gasteiger partial charge < -0.3 is 20.1 Å². The molecular formula is C25H28N4O. The first-order valence-corrected chi connectivity index (χ1v) is 10.6. The fourth-order valence-electron chi connectivity index (χ4n) is 4.98. The molecular weight excluding hydrogens is 372 g/mol. The van der Waals surface area contributed by atoms with E-state index in [2.05, 4.69) is 78.6 Å². The Bertz CT molecular complexity index is 1100. The van der Waals surface area contributed by atoms with E-state index in [0.29, 0.717) is 0 Å². The molecule has 5 nitrogen and oxygen atoms in total. The average molecular weight is 401 g/mol. The van der Waals surface area contributed by atoms with E-state index in [-0.39, 0.29) is 11.6 Å². The van der Waals surface area contributed by atoms with Crippen LogP contribution in [0.1, 0.15) is 35.2 Å². The Kier molecular flexibility index (Phi) is 4.35. The molecule has 2 aromatic carbocycles. The number of hydrogen-bond donors (Lipinski definition) is 2. The van der Waals surface area contributed by atoms with Crippen LogP contribution in [0.5, 0.6) is 0 Å². The van der Waals surface area contributed by atoms with Crippen molar-refractivity contribution in [1.82, 2.24) is 9.47 Å². The van der Waals surface area contributed by atoms with Crippen molar-refractivity contribution in [2.24, 2.45) is 0 Å². The summed E-state index contributed by atoms with van der Waals surface area (Å²) in [5, 5.41) is 6.92. The van der Waals surface area contributed by atoms with Crippen LogP contribution in [0.4, 0.5) is 16.2 Å². The van der Waals surface area contributed by atoms with E-state index < -0.39 is 0 Å². The monoisotopic (exact) mass is 400 g/mol. The first-order valence-electron chi connectivity index (χ1n) is 10.6. The highest BCUT2D eigenvalue weighted by atomic mass is 16.2. The normalized spacial score (nSPS) is 16.6. The molecule has 3 aromatic rings. The van der Waals surface area contributed by atoms with E-state index in [9.17, 15) is 4.79 Å². The zero-order chi connectivity index (χ0) is 20.9. The molecule has 1 fully saturated rings. The Labute approximate surface area is 177 Å². The lowest BCUT2D eigenvalue weighted by atomic mass is 9.82. The zero-order valence-electron chi connectivity index (χ0n) is 17.8. The minimum atomic E-state index is -0.138. The topological polar surface area (TPSA) is 49.3 Å². The van der Waals surface area contributed by atoms with Crippen molar-refractivity contribution in [3.8, 4) is 5.69 Å². The van der Waals surface area contributed by atoms with Crippen LogP contribution in [0.2, 0.25) is 0 Å². The number of carbonyl (C=O) groups excluding carboxylic acids is 1. The van der Waals surface area contributed by atoms with Gasteiger partial charge in [-0.25, -0.2) is 4.79 Å². The van der Waals surface area contributed by atoms with Crippen molar-refractivity contribution in [1.29, 1.82) is 0 Å². The average Bonchev–Trinajstić information content (AvgIpc) is 3.18. The minimum Gasteiger partial charge on any atom is -0.372 e. The van der Waals surface area contributed by atoms with Gasteiger partial charge in [0.1, 0.15) is 0 Å². The summed E-state index contributed by atoms with van der Waals surface area (Å²) in [6.07, 6.45) is 3.90. The van der Waals surface area contributed by atoms with Gasteiger partial charge in [-0.3, -0.25) is 0 Å². The maximum absolute atomic E-state index is 12.9. The molecule has 154 valence electrons. The lowest BCUT2D eigenvalue weighted by Crippen LogP contribution is -2.51. The van der Waals surface area contributed by atoms with Crippen molar-refractivity contribution in [2.75, 3.05) is 23.7 Å². The summed E-state index contributed by atoms with van der Waals surface area (Å²) in [6.45, 7) is 7.67. The number of likely N-dealkylation sites (tertiary alicyclic amines) is 1. The van der Waals surface area contributed by atoms with Crippen molar-refractivity contribution in [3.05, 3.63) is 77.1 Å². The Morgan fingerprint density at radius 2 is 1.70 bits per heavy atom. The summed E-state index contributed by atoms with van der Waals surface area (Å²) >= 11 is 0. The molecule has 5 heteroatoms. The Hall–Kier alpha value is -3.21. The molecule has 0 saturated carbocycles. The predicted molar refractivity (Wildman–Crippen MR) is 122 cm³/mol. The van der Waals surface area contributed by atoms with Gasteiger partial charge in [-0.2, -0.15) is 0 Å². The van der Waals surface area contributed by atoms with Crippen LogP contribution < -0.4 is 10.6 Å². The van der Waals surface area contributed by atoms with E-state index in [4.69, 9.17) is 0 Å². The maximum Gasteiger partial charge on any atom is 0.321 e. The van der Waals surface area contributed by atoms with Crippen LogP contribution in [0.3, 0.4) is 0 Å². The molecule has 0 atom stereocenters. The van der Waals surface area contributed by atoms with E-state index >= 15 is 0 Å². The third-order valence-corrected chi connectivity index (χ3v) is 6.40. The number of urea groups is 1. The van der Waals surface area contributed by atoms with Gasteiger partial charge >= 0.3 is 6.03 Å². The number of nitrogens with zero attached hydrogens (tertiary/aromatic N) is 2. The van der Waals surface area contributed by atoms with Crippen LogP contribution in [-0.2, 0) is 5.54 Å². The number of nitrogens with one attached hydrogen (secondary N) is 2. The standard InChI is InChI=1S/C25H28N4O/c1-17-6-7-22-21(16-17)27-25(23-5-4-10-29(22)23)8-11-28(12-9-25)24(30)26-20-14-18(2)13-19(3)15-20/h4-7,10,13-16,27H,8-9,11-12H2,1-3H3,(H,26,30). The molecule has 2 aliphatic heterocycles. The number of hydrogen-bond acceptors (Lipinski definition) is 2. The number of piperidine rings is 1. The lowest BCUT2D eigenvalue weighted by molar-refractivity contribution is 0.174. The maximum atomic E-state index is 12.9. The zero-order valence-corrected chi connectivity index (χ0v) is 17.8.